The van der Waals surface area contributed by atoms with Gasteiger partial charge in [-0.3, -0.25) is 4.79 Å². The minimum Gasteiger partial charge on any atom is -0.372 e. The zero-order chi connectivity index (χ0) is 9.68. The molecule has 1 heterocycles. The lowest BCUT2D eigenvalue weighted by molar-refractivity contribution is -0.135. The summed E-state index contributed by atoms with van der Waals surface area (Å²) in [5.74, 6) is 0.864. The van der Waals surface area contributed by atoms with E-state index in [1.54, 1.807) is 0 Å². The highest BCUT2D eigenvalue weighted by atomic mass is 16.5. The molecule has 1 fully saturated rings. The molecule has 1 rings (SSSR count). The second-order valence-electron chi connectivity index (χ2n) is 3.54. The van der Waals surface area contributed by atoms with Crippen molar-refractivity contribution >= 4 is 5.91 Å². The van der Waals surface area contributed by atoms with Crippen molar-refractivity contribution in [2.24, 2.45) is 5.92 Å². The van der Waals surface area contributed by atoms with Crippen LogP contribution in [0.3, 0.4) is 0 Å². The maximum absolute atomic E-state index is 11.5. The summed E-state index contributed by atoms with van der Waals surface area (Å²) in [5, 5.41) is 0. The first-order valence-corrected chi connectivity index (χ1v) is 5.13. The molecule has 0 aromatic carbocycles. The van der Waals surface area contributed by atoms with Crippen LogP contribution in [0.25, 0.3) is 0 Å². The molecule has 3 nitrogen and oxygen atoms in total. The molecule has 13 heavy (non-hydrogen) atoms. The fraction of sp³-hybridized carbons (Fsp3) is 0.900. The van der Waals surface area contributed by atoms with Gasteiger partial charge in [-0.2, -0.15) is 0 Å². The van der Waals surface area contributed by atoms with Gasteiger partial charge in [-0.15, -0.1) is 0 Å². The SMILES string of the molecule is CCOCC(=O)N1CCC(CC)C1. The maximum atomic E-state index is 11.5. The molecule has 76 valence electrons. The summed E-state index contributed by atoms with van der Waals surface area (Å²) >= 11 is 0. The molecule has 1 aliphatic heterocycles. The zero-order valence-electron chi connectivity index (χ0n) is 8.58. The third-order valence-corrected chi connectivity index (χ3v) is 2.65. The molecule has 3 heteroatoms. The van der Waals surface area contributed by atoms with Gasteiger partial charge in [-0.05, 0) is 19.3 Å². The summed E-state index contributed by atoms with van der Waals surface area (Å²) in [4.78, 5) is 13.4. The molecule has 1 saturated heterocycles. The Bertz CT molecular complexity index is 170. The first-order valence-electron chi connectivity index (χ1n) is 5.13. The molecular weight excluding hydrogens is 166 g/mol. The minimum absolute atomic E-state index is 0.151. The van der Waals surface area contributed by atoms with Gasteiger partial charge in [-0.1, -0.05) is 13.3 Å². The van der Waals surface area contributed by atoms with E-state index in [0.29, 0.717) is 12.5 Å². The van der Waals surface area contributed by atoms with E-state index in [2.05, 4.69) is 6.92 Å². The molecule has 0 bridgehead atoms. The molecule has 0 N–H and O–H groups in total. The summed E-state index contributed by atoms with van der Waals surface area (Å²) in [6, 6.07) is 0. The van der Waals surface area contributed by atoms with E-state index in [4.69, 9.17) is 4.74 Å². The predicted octanol–water partition coefficient (Wildman–Crippen LogP) is 1.28. The standard InChI is InChI=1S/C10H19NO2/c1-3-9-5-6-11(7-9)10(12)8-13-4-2/h9H,3-8H2,1-2H3. The van der Waals surface area contributed by atoms with Gasteiger partial charge in [0.1, 0.15) is 6.61 Å². The Morgan fingerprint density at radius 2 is 2.31 bits per heavy atom. The van der Waals surface area contributed by atoms with Gasteiger partial charge in [-0.25, -0.2) is 0 Å². The van der Waals surface area contributed by atoms with Crippen molar-refractivity contribution in [1.29, 1.82) is 0 Å². The molecule has 0 aliphatic carbocycles. The van der Waals surface area contributed by atoms with E-state index in [1.165, 1.54) is 6.42 Å². The average molecular weight is 185 g/mol. The van der Waals surface area contributed by atoms with E-state index >= 15 is 0 Å². The van der Waals surface area contributed by atoms with Gasteiger partial charge >= 0.3 is 0 Å². The lowest BCUT2D eigenvalue weighted by atomic mass is 10.1. The van der Waals surface area contributed by atoms with Crippen LogP contribution >= 0.6 is 0 Å². The van der Waals surface area contributed by atoms with Crippen molar-refractivity contribution in [3.8, 4) is 0 Å². The number of carbonyl (C=O) groups excluding carboxylic acids is 1. The molecular formula is C10H19NO2. The van der Waals surface area contributed by atoms with Crippen molar-refractivity contribution in [1.82, 2.24) is 4.90 Å². The monoisotopic (exact) mass is 185 g/mol. The van der Waals surface area contributed by atoms with Crippen molar-refractivity contribution < 1.29 is 9.53 Å². The van der Waals surface area contributed by atoms with Crippen LogP contribution < -0.4 is 0 Å². The van der Waals surface area contributed by atoms with Gasteiger partial charge in [0.15, 0.2) is 0 Å². The Morgan fingerprint density at radius 3 is 2.85 bits per heavy atom. The van der Waals surface area contributed by atoms with Gasteiger partial charge in [0, 0.05) is 19.7 Å². The quantitative estimate of drug-likeness (QED) is 0.660. The zero-order valence-corrected chi connectivity index (χ0v) is 8.58. The molecule has 1 aliphatic rings. The number of likely N-dealkylation sites (tertiary alicyclic amines) is 1. The van der Waals surface area contributed by atoms with Crippen molar-refractivity contribution in [3.63, 3.8) is 0 Å². The maximum Gasteiger partial charge on any atom is 0.248 e. The molecule has 0 spiro atoms. The fourth-order valence-corrected chi connectivity index (χ4v) is 1.67. The third-order valence-electron chi connectivity index (χ3n) is 2.65. The molecule has 1 atom stereocenters. The molecule has 0 aromatic rings. The first kappa shape index (κ1) is 10.5. The van der Waals surface area contributed by atoms with Crippen molar-refractivity contribution in [2.75, 3.05) is 26.3 Å². The smallest absolute Gasteiger partial charge is 0.248 e. The summed E-state index contributed by atoms with van der Waals surface area (Å²) < 4.78 is 5.09. The minimum atomic E-state index is 0.151. The Kier molecular flexibility index (Phi) is 4.22. The van der Waals surface area contributed by atoms with E-state index in [9.17, 15) is 4.79 Å². The second-order valence-corrected chi connectivity index (χ2v) is 3.54. The predicted molar refractivity (Wildman–Crippen MR) is 51.5 cm³/mol. The Hall–Kier alpha value is -0.570. The Labute approximate surface area is 80.1 Å². The fourth-order valence-electron chi connectivity index (χ4n) is 1.67. The molecule has 0 radical (unpaired) electrons. The lowest BCUT2D eigenvalue weighted by Gasteiger charge is -2.15. The topological polar surface area (TPSA) is 29.5 Å². The normalized spacial score (nSPS) is 22.3. The molecule has 0 aromatic heterocycles. The van der Waals surface area contributed by atoms with Gasteiger partial charge in [0.2, 0.25) is 5.91 Å². The third kappa shape index (κ3) is 2.99. The van der Waals surface area contributed by atoms with E-state index in [0.717, 1.165) is 19.5 Å². The van der Waals surface area contributed by atoms with Crippen LogP contribution in [0.4, 0.5) is 0 Å². The number of hydrogen-bond donors (Lipinski definition) is 0. The summed E-state index contributed by atoms with van der Waals surface area (Å²) in [5.41, 5.74) is 0. The lowest BCUT2D eigenvalue weighted by Crippen LogP contribution is -2.32. The van der Waals surface area contributed by atoms with Crippen LogP contribution in [0, 0.1) is 5.92 Å². The number of hydrogen-bond acceptors (Lipinski definition) is 2. The van der Waals surface area contributed by atoms with E-state index in [1.807, 2.05) is 11.8 Å². The Balaban J connectivity index is 2.25. The highest BCUT2D eigenvalue weighted by Gasteiger charge is 2.24. The highest BCUT2D eigenvalue weighted by molar-refractivity contribution is 5.77. The number of ether oxygens (including phenoxy) is 1. The van der Waals surface area contributed by atoms with Crippen LogP contribution in [0.1, 0.15) is 26.7 Å². The number of amides is 1. The Morgan fingerprint density at radius 1 is 1.54 bits per heavy atom. The van der Waals surface area contributed by atoms with Gasteiger partial charge in [0.05, 0.1) is 0 Å². The average Bonchev–Trinajstić information content (AvgIpc) is 2.62. The van der Waals surface area contributed by atoms with Gasteiger partial charge in [0.25, 0.3) is 0 Å². The highest BCUT2D eigenvalue weighted by Crippen LogP contribution is 2.18. The van der Waals surface area contributed by atoms with E-state index < -0.39 is 0 Å². The number of rotatable bonds is 4. The van der Waals surface area contributed by atoms with E-state index in [-0.39, 0.29) is 12.5 Å². The second kappa shape index (κ2) is 5.22. The molecule has 1 amide bonds. The molecule has 1 unspecified atom stereocenters. The largest absolute Gasteiger partial charge is 0.372 e. The first-order chi connectivity index (χ1) is 6.27. The summed E-state index contributed by atoms with van der Waals surface area (Å²) in [7, 11) is 0. The number of carbonyl (C=O) groups is 1. The van der Waals surface area contributed by atoms with Crippen molar-refractivity contribution in [3.05, 3.63) is 0 Å². The van der Waals surface area contributed by atoms with Crippen molar-refractivity contribution in [2.45, 2.75) is 26.7 Å². The number of nitrogens with zero attached hydrogens (tertiary/aromatic N) is 1. The van der Waals surface area contributed by atoms with Gasteiger partial charge < -0.3 is 9.64 Å². The van der Waals surface area contributed by atoms with Crippen LogP contribution in [0.2, 0.25) is 0 Å². The summed E-state index contributed by atoms with van der Waals surface area (Å²) in [6.45, 7) is 6.82. The summed E-state index contributed by atoms with van der Waals surface area (Å²) in [6.07, 6.45) is 2.34. The molecule has 0 saturated carbocycles. The van der Waals surface area contributed by atoms with Crippen LogP contribution in [0.5, 0.6) is 0 Å². The van der Waals surface area contributed by atoms with Crippen LogP contribution in [-0.4, -0.2) is 37.1 Å². The van der Waals surface area contributed by atoms with Crippen LogP contribution in [-0.2, 0) is 9.53 Å². The van der Waals surface area contributed by atoms with Crippen LogP contribution in [0.15, 0.2) is 0 Å².